The van der Waals surface area contributed by atoms with E-state index in [2.05, 4.69) is 20.0 Å². The third-order valence-electron chi connectivity index (χ3n) is 5.09. The fourth-order valence-electron chi connectivity index (χ4n) is 3.44. The van der Waals surface area contributed by atoms with Crippen molar-refractivity contribution in [1.29, 1.82) is 0 Å². The number of ether oxygens (including phenoxy) is 2. The van der Waals surface area contributed by atoms with Crippen LogP contribution in [0.15, 0.2) is 72.3 Å². The molecule has 0 radical (unpaired) electrons. The average molecular weight is 563 g/mol. The van der Waals surface area contributed by atoms with Crippen LogP contribution in [0.4, 0.5) is 11.4 Å². The molecule has 0 amide bonds. The maximum Gasteiger partial charge on any atom is 0.124 e. The summed E-state index contributed by atoms with van der Waals surface area (Å²) in [7, 11) is 5.16. The predicted octanol–water partition coefficient (Wildman–Crippen LogP) is 8.89. The Labute approximate surface area is 247 Å². The molecule has 8 heteroatoms. The predicted molar refractivity (Wildman–Crippen MR) is 177 cm³/mol. The third-order valence-corrected chi connectivity index (χ3v) is 5.09. The molecule has 41 heavy (non-hydrogen) atoms. The quantitative estimate of drug-likeness (QED) is 0.200. The second kappa shape index (κ2) is 21.6. The van der Waals surface area contributed by atoms with Gasteiger partial charge in [0.25, 0.3) is 0 Å². The molecule has 224 valence electrons. The average Bonchev–Trinajstić information content (AvgIpc) is 3.50. The second-order valence-electron chi connectivity index (χ2n) is 7.33. The van der Waals surface area contributed by atoms with E-state index in [-0.39, 0.29) is 0 Å². The van der Waals surface area contributed by atoms with Gasteiger partial charge in [-0.3, -0.25) is 14.7 Å². The lowest BCUT2D eigenvalue weighted by Gasteiger charge is -2.24. The lowest BCUT2D eigenvalue weighted by Crippen LogP contribution is -2.19. The molecule has 0 aliphatic carbocycles. The minimum Gasteiger partial charge on any atom is -0.497 e. The van der Waals surface area contributed by atoms with Crippen molar-refractivity contribution in [2.24, 2.45) is 12.0 Å². The highest BCUT2D eigenvalue weighted by Crippen LogP contribution is 2.33. The summed E-state index contributed by atoms with van der Waals surface area (Å²) in [6, 6.07) is 11.8. The standard InChI is InChI=1S/C25H26N6O2.4C2H6/c1-5-8-26-9-10-31(20-11-21(32-3)14-22(12-20)33-4)19-6-7-23-24(13-19)29-25(16-27-23)18-15-28-30(2)17-18;4*1-2/h5-9,11-17H,10H2,1-4H3;4*1-2H3/b8-5-,26-9?;;;;. The Morgan fingerprint density at radius 1 is 0.829 bits per heavy atom. The summed E-state index contributed by atoms with van der Waals surface area (Å²) >= 11 is 0. The van der Waals surface area contributed by atoms with Crippen molar-refractivity contribution in [3.63, 3.8) is 0 Å². The van der Waals surface area contributed by atoms with Crippen molar-refractivity contribution in [2.75, 3.05) is 25.7 Å². The van der Waals surface area contributed by atoms with E-state index < -0.39 is 0 Å². The van der Waals surface area contributed by atoms with Crippen LogP contribution in [0.5, 0.6) is 11.5 Å². The molecule has 2 aromatic carbocycles. The number of hydrogen-bond acceptors (Lipinski definition) is 7. The molecule has 0 spiro atoms. The van der Waals surface area contributed by atoms with E-state index in [0.717, 1.165) is 33.7 Å². The molecule has 0 unspecified atom stereocenters. The maximum absolute atomic E-state index is 5.48. The van der Waals surface area contributed by atoms with Gasteiger partial charge in [0, 0.05) is 60.8 Å². The summed E-state index contributed by atoms with van der Waals surface area (Å²) in [5.74, 6) is 1.42. The van der Waals surface area contributed by atoms with Gasteiger partial charge in [0.05, 0.1) is 49.9 Å². The van der Waals surface area contributed by atoms with Crippen LogP contribution < -0.4 is 14.4 Å². The summed E-state index contributed by atoms with van der Waals surface area (Å²) in [5, 5.41) is 4.24. The lowest BCUT2D eigenvalue weighted by molar-refractivity contribution is 0.394. The minimum atomic E-state index is 0.544. The van der Waals surface area contributed by atoms with Crippen molar-refractivity contribution in [1.82, 2.24) is 19.7 Å². The molecule has 0 aliphatic rings. The first-order valence-electron chi connectivity index (χ1n) is 14.5. The van der Waals surface area contributed by atoms with Crippen molar-refractivity contribution in [2.45, 2.75) is 62.3 Å². The fraction of sp³-hybridized carbons (Fsp3) is 0.394. The Bertz CT molecular complexity index is 1290. The summed E-state index contributed by atoms with van der Waals surface area (Å²) in [6.07, 6.45) is 11.0. The lowest BCUT2D eigenvalue weighted by atomic mass is 10.2. The Morgan fingerprint density at radius 3 is 2.00 bits per heavy atom. The van der Waals surface area contributed by atoms with Gasteiger partial charge >= 0.3 is 0 Å². The summed E-state index contributed by atoms with van der Waals surface area (Å²) in [6.45, 7) is 18.5. The van der Waals surface area contributed by atoms with E-state index in [9.17, 15) is 0 Å². The Kier molecular flexibility index (Phi) is 19.4. The van der Waals surface area contributed by atoms with E-state index in [1.165, 1.54) is 0 Å². The molecule has 0 saturated heterocycles. The molecule has 2 aromatic heterocycles. The zero-order chi connectivity index (χ0) is 31.2. The Balaban J connectivity index is 0.00000184. The van der Waals surface area contributed by atoms with Crippen LogP contribution in [-0.2, 0) is 7.05 Å². The smallest absolute Gasteiger partial charge is 0.124 e. The van der Waals surface area contributed by atoms with E-state index in [4.69, 9.17) is 14.5 Å². The van der Waals surface area contributed by atoms with E-state index >= 15 is 0 Å². The van der Waals surface area contributed by atoms with Gasteiger partial charge in [-0.05, 0) is 25.1 Å². The Morgan fingerprint density at radius 2 is 1.46 bits per heavy atom. The normalized spacial score (nSPS) is 9.85. The van der Waals surface area contributed by atoms with Crippen LogP contribution in [0.25, 0.3) is 22.3 Å². The molecule has 0 saturated carbocycles. The summed E-state index contributed by atoms with van der Waals surface area (Å²) in [5.41, 5.74) is 5.16. The molecular weight excluding hydrogens is 512 g/mol. The van der Waals surface area contributed by atoms with Gasteiger partial charge in [-0.25, -0.2) is 4.98 Å². The summed E-state index contributed by atoms with van der Waals surface area (Å²) in [4.78, 5) is 15.9. The second-order valence-corrected chi connectivity index (χ2v) is 7.33. The van der Waals surface area contributed by atoms with Gasteiger partial charge in [-0.15, -0.1) is 0 Å². The number of benzene rings is 2. The van der Waals surface area contributed by atoms with Crippen molar-refractivity contribution < 1.29 is 9.47 Å². The number of fused-ring (bicyclic) bond motifs is 1. The molecule has 4 aromatic rings. The van der Waals surface area contributed by atoms with Crippen molar-refractivity contribution >= 4 is 28.6 Å². The maximum atomic E-state index is 5.48. The van der Waals surface area contributed by atoms with Gasteiger partial charge < -0.3 is 14.4 Å². The van der Waals surface area contributed by atoms with Gasteiger partial charge in [0.2, 0.25) is 0 Å². The first-order chi connectivity index (χ1) is 20.1. The SMILES string of the molecule is C/C=C\N=CCN(c1cc(OC)cc(OC)c1)c1ccc2ncc(-c3cnn(C)c3)nc2c1.CC.CC.CC.CC. The number of aliphatic imine (C=N–C) groups is 1. The van der Waals surface area contributed by atoms with Gasteiger partial charge in [-0.2, -0.15) is 5.10 Å². The molecule has 0 fully saturated rings. The molecule has 8 nitrogen and oxygen atoms in total. The van der Waals surface area contributed by atoms with E-state index in [1.807, 2.05) is 124 Å². The highest BCUT2D eigenvalue weighted by molar-refractivity contribution is 5.84. The first-order valence-corrected chi connectivity index (χ1v) is 14.5. The van der Waals surface area contributed by atoms with Crippen LogP contribution in [0.3, 0.4) is 0 Å². The number of allylic oxidation sites excluding steroid dienone is 1. The monoisotopic (exact) mass is 562 g/mol. The van der Waals surface area contributed by atoms with Crippen LogP contribution in [-0.4, -0.2) is 46.7 Å². The minimum absolute atomic E-state index is 0.544. The van der Waals surface area contributed by atoms with Crippen LogP contribution in [0.2, 0.25) is 0 Å². The number of nitrogens with zero attached hydrogens (tertiary/aromatic N) is 6. The third kappa shape index (κ3) is 11.1. The summed E-state index contributed by atoms with van der Waals surface area (Å²) < 4.78 is 12.7. The first kappa shape index (κ1) is 36.8. The van der Waals surface area contributed by atoms with Gasteiger partial charge in [0.15, 0.2) is 0 Å². The van der Waals surface area contributed by atoms with Gasteiger partial charge in [-0.1, -0.05) is 61.5 Å². The van der Waals surface area contributed by atoms with Crippen LogP contribution in [0, 0.1) is 0 Å². The Hall–Kier alpha value is -4.20. The largest absolute Gasteiger partial charge is 0.497 e. The van der Waals surface area contributed by atoms with Crippen LogP contribution >= 0.6 is 0 Å². The van der Waals surface area contributed by atoms with Crippen molar-refractivity contribution in [3.05, 3.63) is 67.3 Å². The number of aromatic nitrogens is 4. The molecule has 0 atom stereocenters. The number of aryl methyl sites for hydroxylation is 1. The highest BCUT2D eigenvalue weighted by Gasteiger charge is 2.14. The zero-order valence-electron chi connectivity index (χ0n) is 27.1. The fourth-order valence-corrected chi connectivity index (χ4v) is 3.44. The number of methoxy groups -OCH3 is 2. The van der Waals surface area contributed by atoms with Crippen molar-refractivity contribution in [3.8, 4) is 22.8 Å². The highest BCUT2D eigenvalue weighted by atomic mass is 16.5. The number of hydrogen-bond donors (Lipinski definition) is 0. The molecule has 2 heterocycles. The number of anilines is 2. The molecule has 4 rings (SSSR count). The van der Waals surface area contributed by atoms with Crippen LogP contribution in [0.1, 0.15) is 62.3 Å². The topological polar surface area (TPSA) is 77.7 Å². The molecule has 0 aliphatic heterocycles. The van der Waals surface area contributed by atoms with E-state index in [0.29, 0.717) is 18.0 Å². The van der Waals surface area contributed by atoms with E-state index in [1.54, 1.807) is 37.5 Å². The molecule has 0 bridgehead atoms. The molecular formula is C33H50N6O2. The number of rotatable bonds is 8. The van der Waals surface area contributed by atoms with Gasteiger partial charge in [0.1, 0.15) is 11.5 Å². The molecule has 0 N–H and O–H groups in total. The zero-order valence-corrected chi connectivity index (χ0v) is 27.1.